The first-order valence-corrected chi connectivity index (χ1v) is 13.5. The molecule has 0 aromatic heterocycles. The number of aryl methyl sites for hydroxylation is 2. The van der Waals surface area contributed by atoms with Gasteiger partial charge in [-0.3, -0.25) is 0 Å². The highest BCUT2D eigenvalue weighted by Gasteiger charge is 2.11. The van der Waals surface area contributed by atoms with Crippen LogP contribution in [-0.4, -0.2) is 11.9 Å². The van der Waals surface area contributed by atoms with Crippen molar-refractivity contribution in [3.63, 3.8) is 0 Å². The number of hydrogen-bond acceptors (Lipinski definition) is 5. The van der Waals surface area contributed by atoms with Crippen molar-refractivity contribution in [1.29, 1.82) is 0 Å². The summed E-state index contributed by atoms with van der Waals surface area (Å²) in [6.45, 7) is 4.33. The van der Waals surface area contributed by atoms with Gasteiger partial charge in [-0.15, -0.1) is 0 Å². The Kier molecular flexibility index (Phi) is 9.90. The van der Waals surface area contributed by atoms with Gasteiger partial charge in [0, 0.05) is 0 Å². The standard InChI is InChI=1S/C34H34O5/c1-3-5-7-25-9-17-31(18-10-25)38-33(35)27-13-21-29(22-14-27)37-30-23-15-28(16-24-30)34(36)39-32-19-11-26(12-20-32)8-6-4-2/h9-24H,3-8H2,1-2H3. The molecule has 5 nitrogen and oxygen atoms in total. The minimum Gasteiger partial charge on any atom is -0.457 e. The molecule has 0 unspecified atom stereocenters. The fourth-order valence-corrected chi connectivity index (χ4v) is 4.00. The lowest BCUT2D eigenvalue weighted by molar-refractivity contribution is 0.0725. The monoisotopic (exact) mass is 522 g/mol. The van der Waals surface area contributed by atoms with Gasteiger partial charge in [-0.05, 0) is 110 Å². The van der Waals surface area contributed by atoms with Crippen LogP contribution in [0.1, 0.15) is 71.4 Å². The summed E-state index contributed by atoms with van der Waals surface area (Å²) in [5, 5.41) is 0. The van der Waals surface area contributed by atoms with Crippen LogP contribution in [-0.2, 0) is 12.8 Å². The molecule has 0 amide bonds. The molecule has 0 spiro atoms. The summed E-state index contributed by atoms with van der Waals surface area (Å²) in [5.41, 5.74) is 3.31. The number of hydrogen-bond donors (Lipinski definition) is 0. The van der Waals surface area contributed by atoms with Gasteiger partial charge in [0.05, 0.1) is 11.1 Å². The van der Waals surface area contributed by atoms with Crippen molar-refractivity contribution in [3.8, 4) is 23.0 Å². The Bertz CT molecular complexity index is 1230. The molecule has 0 atom stereocenters. The van der Waals surface area contributed by atoms with Crippen LogP contribution in [0.15, 0.2) is 97.1 Å². The van der Waals surface area contributed by atoms with E-state index in [0.29, 0.717) is 34.1 Å². The van der Waals surface area contributed by atoms with Crippen LogP contribution in [0, 0.1) is 0 Å². The number of carbonyl (C=O) groups excluding carboxylic acids is 2. The molecule has 0 aliphatic heterocycles. The third-order valence-electron chi connectivity index (χ3n) is 6.32. The van der Waals surface area contributed by atoms with Gasteiger partial charge < -0.3 is 14.2 Å². The van der Waals surface area contributed by atoms with Crippen LogP contribution in [0.4, 0.5) is 0 Å². The Morgan fingerprint density at radius 3 is 1.15 bits per heavy atom. The van der Waals surface area contributed by atoms with Crippen LogP contribution in [0.5, 0.6) is 23.0 Å². The van der Waals surface area contributed by atoms with E-state index in [0.717, 1.165) is 38.5 Å². The molecule has 0 radical (unpaired) electrons. The highest BCUT2D eigenvalue weighted by molar-refractivity contribution is 5.91. The van der Waals surface area contributed by atoms with E-state index in [1.165, 1.54) is 11.1 Å². The zero-order valence-corrected chi connectivity index (χ0v) is 22.5. The van der Waals surface area contributed by atoms with Crippen molar-refractivity contribution < 1.29 is 23.8 Å². The Morgan fingerprint density at radius 1 is 0.487 bits per heavy atom. The molecule has 0 saturated heterocycles. The maximum absolute atomic E-state index is 12.5. The minimum absolute atomic E-state index is 0.425. The Labute approximate surface area is 230 Å². The predicted molar refractivity (Wildman–Crippen MR) is 153 cm³/mol. The van der Waals surface area contributed by atoms with E-state index in [9.17, 15) is 9.59 Å². The molecule has 0 fully saturated rings. The van der Waals surface area contributed by atoms with Gasteiger partial charge in [0.2, 0.25) is 0 Å². The van der Waals surface area contributed by atoms with Crippen LogP contribution in [0.25, 0.3) is 0 Å². The molecule has 200 valence electrons. The van der Waals surface area contributed by atoms with Gasteiger partial charge in [0.15, 0.2) is 0 Å². The maximum atomic E-state index is 12.5. The van der Waals surface area contributed by atoms with Gasteiger partial charge in [0.25, 0.3) is 0 Å². The summed E-state index contributed by atoms with van der Waals surface area (Å²) in [6.07, 6.45) is 6.60. The van der Waals surface area contributed by atoms with Crippen LogP contribution in [0.2, 0.25) is 0 Å². The summed E-state index contributed by atoms with van der Waals surface area (Å²) in [6, 6.07) is 28.7. The lowest BCUT2D eigenvalue weighted by atomic mass is 10.1. The summed E-state index contributed by atoms with van der Waals surface area (Å²) in [4.78, 5) is 25.0. The van der Waals surface area contributed by atoms with E-state index in [-0.39, 0.29) is 0 Å². The number of ether oxygens (including phenoxy) is 3. The van der Waals surface area contributed by atoms with Gasteiger partial charge in [0.1, 0.15) is 23.0 Å². The molecule has 0 N–H and O–H groups in total. The quantitative estimate of drug-likeness (QED) is 0.138. The largest absolute Gasteiger partial charge is 0.457 e. The molecule has 0 bridgehead atoms. The number of rotatable bonds is 12. The number of carbonyl (C=O) groups is 2. The van der Waals surface area contributed by atoms with Gasteiger partial charge in [-0.1, -0.05) is 51.0 Å². The molecular weight excluding hydrogens is 488 g/mol. The van der Waals surface area contributed by atoms with Crippen molar-refractivity contribution in [2.45, 2.75) is 52.4 Å². The highest BCUT2D eigenvalue weighted by atomic mass is 16.5. The van der Waals surface area contributed by atoms with Crippen LogP contribution >= 0.6 is 0 Å². The average molecular weight is 523 g/mol. The Balaban J connectivity index is 1.28. The molecule has 0 aliphatic carbocycles. The van der Waals surface area contributed by atoms with Crippen LogP contribution in [0.3, 0.4) is 0 Å². The smallest absolute Gasteiger partial charge is 0.343 e. The molecule has 0 aliphatic rings. The third-order valence-corrected chi connectivity index (χ3v) is 6.32. The molecule has 4 rings (SSSR count). The zero-order valence-electron chi connectivity index (χ0n) is 22.5. The number of unbranched alkanes of at least 4 members (excludes halogenated alkanes) is 2. The fraction of sp³-hybridized carbons (Fsp3) is 0.235. The highest BCUT2D eigenvalue weighted by Crippen LogP contribution is 2.24. The molecule has 4 aromatic carbocycles. The molecule has 39 heavy (non-hydrogen) atoms. The summed E-state index contributed by atoms with van der Waals surface area (Å²) in [7, 11) is 0. The van der Waals surface area contributed by atoms with Crippen molar-refractivity contribution in [2.24, 2.45) is 0 Å². The van der Waals surface area contributed by atoms with Gasteiger partial charge in [-0.25, -0.2) is 9.59 Å². The van der Waals surface area contributed by atoms with E-state index in [1.807, 2.05) is 48.5 Å². The van der Waals surface area contributed by atoms with E-state index < -0.39 is 11.9 Å². The first-order valence-electron chi connectivity index (χ1n) is 13.5. The summed E-state index contributed by atoms with van der Waals surface area (Å²) in [5.74, 6) is 1.30. The second kappa shape index (κ2) is 14.0. The van der Waals surface area contributed by atoms with E-state index in [4.69, 9.17) is 14.2 Å². The lowest BCUT2D eigenvalue weighted by Crippen LogP contribution is -2.08. The first-order chi connectivity index (χ1) is 19.0. The predicted octanol–water partition coefficient (Wildman–Crippen LogP) is 8.60. The summed E-state index contributed by atoms with van der Waals surface area (Å²) < 4.78 is 16.9. The van der Waals surface area contributed by atoms with Crippen molar-refractivity contribution in [1.82, 2.24) is 0 Å². The topological polar surface area (TPSA) is 61.8 Å². The second-order valence-corrected chi connectivity index (χ2v) is 9.42. The Morgan fingerprint density at radius 2 is 0.821 bits per heavy atom. The third kappa shape index (κ3) is 8.30. The molecule has 5 heteroatoms. The average Bonchev–Trinajstić information content (AvgIpc) is 2.97. The number of esters is 2. The van der Waals surface area contributed by atoms with E-state index >= 15 is 0 Å². The molecule has 0 heterocycles. The first kappa shape index (κ1) is 27.6. The van der Waals surface area contributed by atoms with Crippen molar-refractivity contribution in [3.05, 3.63) is 119 Å². The zero-order chi connectivity index (χ0) is 27.5. The lowest BCUT2D eigenvalue weighted by Gasteiger charge is -2.09. The normalized spacial score (nSPS) is 10.6. The number of benzene rings is 4. The van der Waals surface area contributed by atoms with Crippen molar-refractivity contribution in [2.75, 3.05) is 0 Å². The van der Waals surface area contributed by atoms with E-state index in [2.05, 4.69) is 13.8 Å². The fourth-order valence-electron chi connectivity index (χ4n) is 4.00. The molecule has 4 aromatic rings. The maximum Gasteiger partial charge on any atom is 0.343 e. The molecule has 0 saturated carbocycles. The van der Waals surface area contributed by atoms with Gasteiger partial charge in [-0.2, -0.15) is 0 Å². The minimum atomic E-state index is -0.429. The van der Waals surface area contributed by atoms with Crippen molar-refractivity contribution >= 4 is 11.9 Å². The van der Waals surface area contributed by atoms with Crippen LogP contribution < -0.4 is 14.2 Å². The summed E-state index contributed by atoms with van der Waals surface area (Å²) >= 11 is 0. The second-order valence-electron chi connectivity index (χ2n) is 9.42. The molecular formula is C34H34O5. The van der Waals surface area contributed by atoms with E-state index in [1.54, 1.807) is 48.5 Å². The SMILES string of the molecule is CCCCc1ccc(OC(=O)c2ccc(Oc3ccc(C(=O)Oc4ccc(CCCC)cc4)cc3)cc2)cc1. The Hall–Kier alpha value is -4.38. The van der Waals surface area contributed by atoms with Gasteiger partial charge >= 0.3 is 11.9 Å².